The van der Waals surface area contributed by atoms with E-state index in [-0.39, 0.29) is 47.7 Å². The zero-order valence-corrected chi connectivity index (χ0v) is 35.2. The highest BCUT2D eigenvalue weighted by atomic mass is 16.5. The van der Waals surface area contributed by atoms with E-state index in [1.165, 1.54) is 21.3 Å². The van der Waals surface area contributed by atoms with Crippen LogP contribution in [0.2, 0.25) is 0 Å². The Labute approximate surface area is 348 Å². The molecule has 2 aliphatic heterocycles. The van der Waals surface area contributed by atoms with Gasteiger partial charge < -0.3 is 44.6 Å². The molecule has 3 fully saturated rings. The molecule has 4 amide bonds. The van der Waals surface area contributed by atoms with Gasteiger partial charge in [0.25, 0.3) is 0 Å². The molecular weight excluding hydrogens is 765 g/mol. The minimum atomic E-state index is -0.893. The fourth-order valence-electron chi connectivity index (χ4n) is 9.58. The van der Waals surface area contributed by atoms with Crippen LogP contribution in [0.25, 0.3) is 44.2 Å². The maximum atomic E-state index is 14.0. The van der Waals surface area contributed by atoms with Crippen LogP contribution in [0.4, 0.5) is 9.59 Å². The molecule has 60 heavy (non-hydrogen) atoms. The molecule has 0 spiro atoms. The van der Waals surface area contributed by atoms with Gasteiger partial charge in [0.05, 0.1) is 55.3 Å². The SMILES string of the molecule is COC(=O)N[C@H](C(=O)N1C[C@@H](C)C[C@H]1c1nc2c(ccc3cc(-c4ccc(-c5cnc([C@@H]6[C@H]7CC[C@H](C7)N6C(=O)[C@@H](NC(=O)OC)[C@@H](C)OC)[nH]5)cc4)ccc32)[nH]1)C(C)C. The lowest BCUT2D eigenvalue weighted by atomic mass is 9.97. The lowest BCUT2D eigenvalue weighted by molar-refractivity contribution is -0.141. The Balaban J connectivity index is 1.00. The van der Waals surface area contributed by atoms with E-state index < -0.39 is 30.4 Å². The van der Waals surface area contributed by atoms with Gasteiger partial charge in [-0.05, 0) is 84.6 Å². The molecule has 0 unspecified atom stereocenters. The van der Waals surface area contributed by atoms with Crippen molar-refractivity contribution in [3.63, 3.8) is 0 Å². The van der Waals surface area contributed by atoms with E-state index in [0.717, 1.165) is 81.5 Å². The first-order valence-electron chi connectivity index (χ1n) is 20.8. The number of likely N-dealkylation sites (tertiary alicyclic amines) is 2. The molecule has 4 heterocycles. The van der Waals surface area contributed by atoms with Crippen LogP contribution in [0.5, 0.6) is 0 Å². The minimum absolute atomic E-state index is 0.0671. The van der Waals surface area contributed by atoms with Crippen molar-refractivity contribution in [2.45, 2.75) is 89.7 Å². The van der Waals surface area contributed by atoms with Crippen molar-refractivity contribution in [2.24, 2.45) is 17.8 Å². The molecule has 4 N–H and O–H groups in total. The number of ether oxygens (including phenoxy) is 3. The molecule has 0 radical (unpaired) electrons. The van der Waals surface area contributed by atoms with Crippen molar-refractivity contribution in [1.29, 1.82) is 0 Å². The molecule has 3 aromatic carbocycles. The Morgan fingerprint density at radius 3 is 2.20 bits per heavy atom. The Morgan fingerprint density at radius 2 is 1.50 bits per heavy atom. The third kappa shape index (κ3) is 7.55. The fourth-order valence-corrected chi connectivity index (χ4v) is 9.58. The molecule has 15 heteroatoms. The second-order valence-electron chi connectivity index (χ2n) is 17.0. The number of piperidine rings is 1. The molecule has 1 aliphatic carbocycles. The summed E-state index contributed by atoms with van der Waals surface area (Å²) in [6.45, 7) is 8.28. The minimum Gasteiger partial charge on any atom is -0.453 e. The van der Waals surface area contributed by atoms with Gasteiger partial charge in [-0.3, -0.25) is 9.59 Å². The van der Waals surface area contributed by atoms with Crippen molar-refractivity contribution in [3.05, 3.63) is 72.4 Å². The number of fused-ring (bicyclic) bond motifs is 5. The molecular formula is C45H54N8O7. The standard InChI is InChI=1S/C45H54N8O7/c1-23(2)36(50-44(56)59-6)42(54)52-22-24(3)18-35(52)40-47-33-17-14-29-19-28(13-16-32(29)38(33)49-40)26-8-10-27(11-9-26)34-21-46-41(48-34)39-30-12-15-31(20-30)53(39)43(55)37(25(4)58-5)51-45(57)60-7/h8-11,13-14,16-17,19,21,23-25,30-31,35-37,39H,12,15,18,20,22H2,1-7H3,(H,46,48)(H,47,49)(H,50,56)(H,51,57)/t24-,25+,30-,31+,35-,36-,37-,39-/m0/s1. The van der Waals surface area contributed by atoms with Crippen molar-refractivity contribution in [1.82, 2.24) is 40.4 Å². The number of hydrogen-bond acceptors (Lipinski definition) is 9. The van der Waals surface area contributed by atoms with Crippen LogP contribution in [-0.4, -0.2) is 106 Å². The second-order valence-corrected chi connectivity index (χ2v) is 17.0. The lowest BCUT2D eigenvalue weighted by Crippen LogP contribution is -2.56. The summed E-state index contributed by atoms with van der Waals surface area (Å²) in [5, 5.41) is 7.47. The molecule has 1 saturated carbocycles. The number of H-pyrrole nitrogens is 2. The highest BCUT2D eigenvalue weighted by Crippen LogP contribution is 2.50. The number of amides is 4. The topological polar surface area (TPSA) is 184 Å². The average Bonchev–Trinajstić information content (AvgIpc) is 4.12. The summed E-state index contributed by atoms with van der Waals surface area (Å²) < 4.78 is 15.1. The van der Waals surface area contributed by atoms with Crippen LogP contribution >= 0.6 is 0 Å². The van der Waals surface area contributed by atoms with Gasteiger partial charge in [0, 0.05) is 25.1 Å². The number of methoxy groups -OCH3 is 3. The van der Waals surface area contributed by atoms with E-state index in [1.807, 2.05) is 35.9 Å². The van der Waals surface area contributed by atoms with Gasteiger partial charge in [0.2, 0.25) is 11.8 Å². The quantitative estimate of drug-likeness (QED) is 0.110. The Kier molecular flexibility index (Phi) is 11.3. The largest absolute Gasteiger partial charge is 0.453 e. The van der Waals surface area contributed by atoms with Crippen LogP contribution in [0.15, 0.2) is 60.8 Å². The number of imidazole rings is 2. The number of carbonyl (C=O) groups is 4. The van der Waals surface area contributed by atoms with Gasteiger partial charge in [0.15, 0.2) is 0 Å². The first-order valence-corrected chi connectivity index (χ1v) is 20.8. The van der Waals surface area contributed by atoms with E-state index in [1.54, 1.807) is 6.92 Å². The predicted molar refractivity (Wildman–Crippen MR) is 226 cm³/mol. The van der Waals surface area contributed by atoms with Gasteiger partial charge in [0.1, 0.15) is 23.7 Å². The number of hydrogen-bond donors (Lipinski definition) is 4. The summed E-state index contributed by atoms with van der Waals surface area (Å²) in [7, 11) is 4.09. The van der Waals surface area contributed by atoms with Crippen molar-refractivity contribution in [2.75, 3.05) is 27.9 Å². The number of rotatable bonds is 11. The van der Waals surface area contributed by atoms with E-state index >= 15 is 0 Å². The maximum absolute atomic E-state index is 14.0. The number of carbonyl (C=O) groups excluding carboxylic acids is 4. The molecule has 316 valence electrons. The van der Waals surface area contributed by atoms with E-state index in [2.05, 4.69) is 76.1 Å². The summed E-state index contributed by atoms with van der Waals surface area (Å²) in [6.07, 6.45) is 3.53. The first-order chi connectivity index (χ1) is 28.9. The molecule has 8 atom stereocenters. The van der Waals surface area contributed by atoms with Crippen molar-refractivity contribution >= 4 is 45.8 Å². The van der Waals surface area contributed by atoms with Crippen molar-refractivity contribution in [3.8, 4) is 22.4 Å². The Bertz CT molecular complexity index is 2410. The van der Waals surface area contributed by atoms with E-state index in [4.69, 9.17) is 24.2 Å². The monoisotopic (exact) mass is 818 g/mol. The summed E-state index contributed by atoms with van der Waals surface area (Å²) >= 11 is 0. The van der Waals surface area contributed by atoms with Gasteiger partial charge in [-0.25, -0.2) is 19.6 Å². The number of nitrogens with zero attached hydrogens (tertiary/aromatic N) is 4. The second kappa shape index (κ2) is 16.6. The number of alkyl carbamates (subject to hydrolysis) is 2. The molecule has 15 nitrogen and oxygen atoms in total. The number of aromatic nitrogens is 4. The zero-order valence-electron chi connectivity index (χ0n) is 35.2. The zero-order chi connectivity index (χ0) is 42.4. The van der Waals surface area contributed by atoms with Gasteiger partial charge in [-0.15, -0.1) is 0 Å². The number of aromatic amines is 2. The van der Waals surface area contributed by atoms with Gasteiger partial charge in [-0.2, -0.15) is 0 Å². The summed E-state index contributed by atoms with van der Waals surface area (Å²) in [5.41, 5.74) is 5.68. The smallest absolute Gasteiger partial charge is 0.407 e. The van der Waals surface area contributed by atoms with Crippen LogP contribution in [-0.2, 0) is 23.8 Å². The third-order valence-corrected chi connectivity index (χ3v) is 12.8. The third-order valence-electron chi connectivity index (χ3n) is 12.8. The fraction of sp³-hybridized carbons (Fsp3) is 0.467. The highest BCUT2D eigenvalue weighted by Gasteiger charge is 2.52. The van der Waals surface area contributed by atoms with Crippen LogP contribution < -0.4 is 10.6 Å². The van der Waals surface area contributed by atoms with Gasteiger partial charge >= 0.3 is 12.2 Å². The van der Waals surface area contributed by atoms with Crippen LogP contribution in [0.1, 0.15) is 77.1 Å². The Morgan fingerprint density at radius 1 is 0.800 bits per heavy atom. The molecule has 5 aromatic rings. The Hall–Kier alpha value is -5.96. The van der Waals surface area contributed by atoms with Crippen LogP contribution in [0.3, 0.4) is 0 Å². The molecule has 8 rings (SSSR count). The summed E-state index contributed by atoms with van der Waals surface area (Å²) in [5.74, 6) is 1.53. The number of benzene rings is 3. The summed E-state index contributed by atoms with van der Waals surface area (Å²) in [4.78, 5) is 72.8. The first kappa shape index (κ1) is 40.8. The van der Waals surface area contributed by atoms with E-state index in [0.29, 0.717) is 6.54 Å². The number of nitrogens with one attached hydrogen (secondary N) is 4. The average molecular weight is 819 g/mol. The molecule has 2 saturated heterocycles. The van der Waals surface area contributed by atoms with Crippen LogP contribution in [0, 0.1) is 17.8 Å². The highest BCUT2D eigenvalue weighted by molar-refractivity contribution is 6.05. The van der Waals surface area contributed by atoms with Crippen molar-refractivity contribution < 1.29 is 33.4 Å². The molecule has 3 aliphatic rings. The summed E-state index contributed by atoms with van der Waals surface area (Å²) in [6, 6.07) is 16.8. The maximum Gasteiger partial charge on any atom is 0.407 e. The normalized spacial score (nSPS) is 22.6. The predicted octanol–water partition coefficient (Wildman–Crippen LogP) is 6.87. The lowest BCUT2D eigenvalue weighted by Gasteiger charge is -2.37. The molecule has 2 bridgehead atoms. The molecule has 2 aromatic heterocycles. The van der Waals surface area contributed by atoms with E-state index in [9.17, 15) is 19.2 Å². The van der Waals surface area contributed by atoms with Gasteiger partial charge in [-0.1, -0.05) is 63.2 Å².